The van der Waals surface area contributed by atoms with Crippen LogP contribution in [0.1, 0.15) is 50.4 Å². The molecule has 21 heavy (non-hydrogen) atoms. The summed E-state index contributed by atoms with van der Waals surface area (Å²) in [7, 11) is 0. The molecule has 0 spiro atoms. The molecule has 1 aliphatic carbocycles. The average Bonchev–Trinajstić information content (AvgIpc) is 2.44. The summed E-state index contributed by atoms with van der Waals surface area (Å²) < 4.78 is 5.54. The van der Waals surface area contributed by atoms with E-state index in [0.29, 0.717) is 35.4 Å². The van der Waals surface area contributed by atoms with Gasteiger partial charge in [-0.1, -0.05) is 32.8 Å². The van der Waals surface area contributed by atoms with E-state index in [4.69, 9.17) is 10.5 Å². The van der Waals surface area contributed by atoms with Crippen LogP contribution in [0.25, 0.3) is 0 Å². The van der Waals surface area contributed by atoms with Gasteiger partial charge < -0.3 is 15.8 Å². The van der Waals surface area contributed by atoms with E-state index >= 15 is 0 Å². The molecule has 1 fully saturated rings. The van der Waals surface area contributed by atoms with E-state index in [-0.39, 0.29) is 11.9 Å². The molecule has 1 amide bonds. The third-order valence-electron chi connectivity index (χ3n) is 4.61. The number of amides is 1. The number of benzene rings is 1. The van der Waals surface area contributed by atoms with Crippen LogP contribution in [0.3, 0.4) is 0 Å². The van der Waals surface area contributed by atoms with Crippen molar-refractivity contribution < 1.29 is 9.53 Å². The van der Waals surface area contributed by atoms with Crippen molar-refractivity contribution >= 4 is 11.6 Å². The Morgan fingerprint density at radius 2 is 2.14 bits per heavy atom. The number of carbonyl (C=O) groups excluding carboxylic acids is 1. The molecular formula is C17H26N2O2. The molecule has 4 nitrogen and oxygen atoms in total. The minimum absolute atomic E-state index is 0.123. The van der Waals surface area contributed by atoms with Gasteiger partial charge >= 0.3 is 0 Å². The Morgan fingerprint density at radius 1 is 1.38 bits per heavy atom. The highest BCUT2D eigenvalue weighted by atomic mass is 16.5. The minimum atomic E-state index is -0.123. The molecule has 3 unspecified atom stereocenters. The average molecular weight is 290 g/mol. The third-order valence-corrected chi connectivity index (χ3v) is 4.61. The Bertz CT molecular complexity index is 502. The second-order valence-corrected chi connectivity index (χ2v) is 6.00. The van der Waals surface area contributed by atoms with Gasteiger partial charge in [0.2, 0.25) is 0 Å². The number of nitrogens with one attached hydrogen (secondary N) is 1. The highest BCUT2D eigenvalue weighted by Gasteiger charge is 2.29. The lowest BCUT2D eigenvalue weighted by Gasteiger charge is -2.34. The molecule has 2 rings (SSSR count). The summed E-state index contributed by atoms with van der Waals surface area (Å²) in [5, 5.41) is 3.16. The number of hydrogen-bond acceptors (Lipinski definition) is 3. The molecule has 0 radical (unpaired) electrons. The van der Waals surface area contributed by atoms with Crippen molar-refractivity contribution in [2.75, 3.05) is 12.3 Å². The molecule has 116 valence electrons. The van der Waals surface area contributed by atoms with Gasteiger partial charge in [0.1, 0.15) is 11.3 Å². The minimum Gasteiger partial charge on any atom is -0.493 e. The van der Waals surface area contributed by atoms with E-state index < -0.39 is 0 Å². The van der Waals surface area contributed by atoms with Crippen LogP contribution in [-0.4, -0.2) is 18.6 Å². The number of nitrogen functional groups attached to an aromatic ring is 1. The smallest absolute Gasteiger partial charge is 0.257 e. The van der Waals surface area contributed by atoms with Crippen LogP contribution in [0.5, 0.6) is 5.75 Å². The summed E-state index contributed by atoms with van der Waals surface area (Å²) >= 11 is 0. The van der Waals surface area contributed by atoms with Crippen LogP contribution in [0, 0.1) is 11.8 Å². The van der Waals surface area contributed by atoms with Crippen molar-refractivity contribution in [3.8, 4) is 5.75 Å². The molecule has 0 saturated heterocycles. The lowest BCUT2D eigenvalue weighted by atomic mass is 9.78. The number of nitrogens with two attached hydrogens (primary N) is 1. The Hall–Kier alpha value is -1.71. The third kappa shape index (κ3) is 3.49. The van der Waals surface area contributed by atoms with Gasteiger partial charge in [0.05, 0.1) is 6.61 Å². The van der Waals surface area contributed by atoms with Gasteiger partial charge in [-0.15, -0.1) is 0 Å². The highest BCUT2D eigenvalue weighted by molar-refractivity contribution is 6.02. The van der Waals surface area contributed by atoms with Gasteiger partial charge in [0.25, 0.3) is 5.91 Å². The predicted octanol–water partition coefficient (Wildman–Crippen LogP) is 3.22. The van der Waals surface area contributed by atoms with Crippen molar-refractivity contribution in [2.45, 2.75) is 46.1 Å². The Kier molecular flexibility index (Phi) is 5.10. The topological polar surface area (TPSA) is 64.3 Å². The number of hydrogen-bond donors (Lipinski definition) is 2. The van der Waals surface area contributed by atoms with E-state index in [1.54, 1.807) is 12.1 Å². The maximum Gasteiger partial charge on any atom is 0.257 e. The zero-order chi connectivity index (χ0) is 15.4. The number of carbonyl (C=O) groups is 1. The maximum atomic E-state index is 12.6. The fourth-order valence-corrected chi connectivity index (χ4v) is 3.09. The maximum absolute atomic E-state index is 12.6. The molecule has 0 heterocycles. The lowest BCUT2D eigenvalue weighted by Crippen LogP contribution is -2.44. The summed E-state index contributed by atoms with van der Waals surface area (Å²) in [6.07, 6.45) is 3.44. The number of ether oxygens (including phenoxy) is 1. The van der Waals surface area contributed by atoms with Gasteiger partial charge in [-0.25, -0.2) is 0 Å². The first kappa shape index (κ1) is 15.7. The molecule has 1 aromatic rings. The zero-order valence-electron chi connectivity index (χ0n) is 13.2. The standard InChI is InChI=1S/C17H26N2O2/c1-4-21-15-10-6-8-13(18)16(15)17(20)19-14-9-5-7-11(2)12(14)3/h6,8,10-12,14H,4-5,7,9,18H2,1-3H3,(H,19,20). The quantitative estimate of drug-likeness (QED) is 0.837. The number of rotatable bonds is 4. The molecule has 1 aromatic carbocycles. The molecule has 3 atom stereocenters. The van der Waals surface area contributed by atoms with Gasteiger partial charge in [-0.05, 0) is 37.3 Å². The largest absolute Gasteiger partial charge is 0.493 e. The van der Waals surface area contributed by atoms with Crippen molar-refractivity contribution in [1.29, 1.82) is 0 Å². The second-order valence-electron chi connectivity index (χ2n) is 6.00. The van der Waals surface area contributed by atoms with Crippen LogP contribution in [0.4, 0.5) is 5.69 Å². The molecule has 1 saturated carbocycles. The van der Waals surface area contributed by atoms with Crippen molar-refractivity contribution in [3.63, 3.8) is 0 Å². The van der Waals surface area contributed by atoms with Crippen LogP contribution in [0.2, 0.25) is 0 Å². The van der Waals surface area contributed by atoms with Gasteiger partial charge in [0, 0.05) is 11.7 Å². The molecule has 3 N–H and O–H groups in total. The van der Waals surface area contributed by atoms with E-state index in [1.165, 1.54) is 12.8 Å². The van der Waals surface area contributed by atoms with Gasteiger partial charge in [-0.3, -0.25) is 4.79 Å². The second kappa shape index (κ2) is 6.83. The number of anilines is 1. The van der Waals surface area contributed by atoms with Crippen LogP contribution in [-0.2, 0) is 0 Å². The summed E-state index contributed by atoms with van der Waals surface area (Å²) in [5.41, 5.74) is 6.91. The van der Waals surface area contributed by atoms with Crippen molar-refractivity contribution in [2.24, 2.45) is 11.8 Å². The fourth-order valence-electron chi connectivity index (χ4n) is 3.09. The van der Waals surface area contributed by atoms with E-state index in [2.05, 4.69) is 19.2 Å². The summed E-state index contributed by atoms with van der Waals surface area (Å²) in [6, 6.07) is 5.56. The summed E-state index contributed by atoms with van der Waals surface area (Å²) in [4.78, 5) is 12.6. The summed E-state index contributed by atoms with van der Waals surface area (Å²) in [6.45, 7) is 6.88. The van der Waals surface area contributed by atoms with E-state index in [9.17, 15) is 4.79 Å². The molecule has 4 heteroatoms. The molecule has 0 bridgehead atoms. The van der Waals surface area contributed by atoms with Gasteiger partial charge in [-0.2, -0.15) is 0 Å². The SMILES string of the molecule is CCOc1cccc(N)c1C(=O)NC1CCCC(C)C1C. The van der Waals surface area contributed by atoms with Crippen LogP contribution < -0.4 is 15.8 Å². The molecule has 0 aliphatic heterocycles. The predicted molar refractivity (Wildman–Crippen MR) is 85.5 cm³/mol. The van der Waals surface area contributed by atoms with Crippen LogP contribution in [0.15, 0.2) is 18.2 Å². The van der Waals surface area contributed by atoms with Gasteiger partial charge in [0.15, 0.2) is 0 Å². The molecule has 1 aliphatic rings. The Morgan fingerprint density at radius 3 is 2.86 bits per heavy atom. The Labute approximate surface area is 127 Å². The van der Waals surface area contributed by atoms with Crippen LogP contribution >= 0.6 is 0 Å². The normalized spacial score (nSPS) is 25.4. The zero-order valence-corrected chi connectivity index (χ0v) is 13.2. The van der Waals surface area contributed by atoms with E-state index in [0.717, 1.165) is 6.42 Å². The summed E-state index contributed by atoms with van der Waals surface area (Å²) in [5.74, 6) is 1.57. The first-order chi connectivity index (χ1) is 10.0. The first-order valence-corrected chi connectivity index (χ1v) is 7.86. The van der Waals surface area contributed by atoms with E-state index in [1.807, 2.05) is 13.0 Å². The molecule has 0 aromatic heterocycles. The lowest BCUT2D eigenvalue weighted by molar-refractivity contribution is 0.0888. The fraction of sp³-hybridized carbons (Fsp3) is 0.588. The van der Waals surface area contributed by atoms with Crippen molar-refractivity contribution in [1.82, 2.24) is 5.32 Å². The first-order valence-electron chi connectivity index (χ1n) is 7.86. The van der Waals surface area contributed by atoms with Crippen molar-refractivity contribution in [3.05, 3.63) is 23.8 Å². The Balaban J connectivity index is 2.16. The molecular weight excluding hydrogens is 264 g/mol. The highest BCUT2D eigenvalue weighted by Crippen LogP contribution is 2.31. The monoisotopic (exact) mass is 290 g/mol.